The van der Waals surface area contributed by atoms with E-state index in [0.717, 1.165) is 12.1 Å². The van der Waals surface area contributed by atoms with E-state index >= 15 is 0 Å². The maximum Gasteiger partial charge on any atom is 0.541 e. The average Bonchev–Trinajstić information content (AvgIpc) is 2.62. The predicted molar refractivity (Wildman–Crippen MR) is 96.8 cm³/mol. The second-order valence-electron chi connectivity index (χ2n) is 5.50. The number of halogens is 3. The Labute approximate surface area is 154 Å². The summed E-state index contributed by atoms with van der Waals surface area (Å²) in [6.45, 7) is 0. The van der Waals surface area contributed by atoms with Crippen molar-refractivity contribution in [3.8, 4) is 11.5 Å². The van der Waals surface area contributed by atoms with Gasteiger partial charge in [-0.15, -0.1) is 0 Å². The van der Waals surface area contributed by atoms with Crippen molar-refractivity contribution in [3.05, 3.63) is 90.5 Å². The topological polar surface area (TPSA) is 47.6 Å². The first kappa shape index (κ1) is 18.9. The van der Waals surface area contributed by atoms with Crippen LogP contribution in [0, 0.1) is 0 Å². The molecular weight excluding hydrogens is 378 g/mol. The number of nitrogens with one attached hydrogen (secondary N) is 1. The van der Waals surface area contributed by atoms with E-state index in [1.54, 1.807) is 60.7 Å². The smallest absolute Gasteiger partial charge is 0.400 e. The first-order valence-electron chi connectivity index (χ1n) is 7.89. The van der Waals surface area contributed by atoms with Crippen LogP contribution in [0.2, 0.25) is 0 Å². The lowest BCUT2D eigenvalue weighted by atomic mass is 10.2. The minimum absolute atomic E-state index is 0.0416. The number of hydrogen-bond acceptors (Lipinski definition) is 3. The Morgan fingerprint density at radius 2 is 1.26 bits per heavy atom. The Balaban J connectivity index is 1.91. The van der Waals surface area contributed by atoms with Crippen LogP contribution >= 0.6 is 7.75 Å². The molecule has 27 heavy (non-hydrogen) atoms. The second-order valence-corrected chi connectivity index (χ2v) is 7.08. The van der Waals surface area contributed by atoms with Crippen LogP contribution in [0.1, 0.15) is 5.56 Å². The van der Waals surface area contributed by atoms with Crippen molar-refractivity contribution in [1.29, 1.82) is 0 Å². The van der Waals surface area contributed by atoms with Crippen molar-refractivity contribution in [2.75, 3.05) is 5.09 Å². The van der Waals surface area contributed by atoms with E-state index in [1.165, 1.54) is 12.1 Å². The zero-order chi connectivity index (χ0) is 19.3. The molecule has 0 heterocycles. The summed E-state index contributed by atoms with van der Waals surface area (Å²) in [6, 6.07) is 20.8. The Morgan fingerprint density at radius 1 is 0.741 bits per heavy atom. The van der Waals surface area contributed by atoms with Crippen LogP contribution in [0.4, 0.5) is 18.9 Å². The summed E-state index contributed by atoms with van der Waals surface area (Å²) in [5.41, 5.74) is -0.918. The van der Waals surface area contributed by atoms with Crippen molar-refractivity contribution in [3.63, 3.8) is 0 Å². The molecule has 0 saturated heterocycles. The highest BCUT2D eigenvalue weighted by Crippen LogP contribution is 2.48. The Bertz CT molecular complexity index is 888. The Kier molecular flexibility index (Phi) is 5.42. The highest BCUT2D eigenvalue weighted by molar-refractivity contribution is 7.56. The van der Waals surface area contributed by atoms with Crippen molar-refractivity contribution in [1.82, 2.24) is 0 Å². The molecule has 4 nitrogen and oxygen atoms in total. The molecule has 3 rings (SSSR count). The average molecular weight is 393 g/mol. The summed E-state index contributed by atoms with van der Waals surface area (Å²) in [5.74, 6) is 0.493. The van der Waals surface area contributed by atoms with E-state index in [4.69, 9.17) is 9.05 Å². The van der Waals surface area contributed by atoms with Crippen LogP contribution in [-0.2, 0) is 10.7 Å². The van der Waals surface area contributed by atoms with Gasteiger partial charge in [0.1, 0.15) is 11.5 Å². The highest BCUT2D eigenvalue weighted by atomic mass is 31.2. The van der Waals surface area contributed by atoms with Gasteiger partial charge in [0.2, 0.25) is 0 Å². The molecule has 0 atom stereocenters. The normalized spacial score (nSPS) is 11.7. The first-order chi connectivity index (χ1) is 12.8. The zero-order valence-corrected chi connectivity index (χ0v) is 14.8. The van der Waals surface area contributed by atoms with Gasteiger partial charge in [0.25, 0.3) is 0 Å². The third-order valence-corrected chi connectivity index (χ3v) is 4.83. The molecule has 0 aliphatic heterocycles. The molecule has 0 bridgehead atoms. The van der Waals surface area contributed by atoms with Gasteiger partial charge in [-0.2, -0.15) is 13.2 Å². The molecule has 0 saturated carbocycles. The molecule has 3 aromatic rings. The van der Waals surface area contributed by atoms with Gasteiger partial charge in [-0.05, 0) is 42.5 Å². The van der Waals surface area contributed by atoms with Gasteiger partial charge >= 0.3 is 13.9 Å². The van der Waals surface area contributed by atoms with Crippen LogP contribution in [0.25, 0.3) is 0 Å². The summed E-state index contributed by atoms with van der Waals surface area (Å²) in [6.07, 6.45) is -4.53. The third kappa shape index (κ3) is 5.28. The van der Waals surface area contributed by atoms with Crippen LogP contribution in [0.5, 0.6) is 11.5 Å². The fourth-order valence-electron chi connectivity index (χ4n) is 2.23. The van der Waals surface area contributed by atoms with Crippen molar-refractivity contribution in [2.24, 2.45) is 0 Å². The van der Waals surface area contributed by atoms with Crippen LogP contribution in [0.15, 0.2) is 84.9 Å². The summed E-state index contributed by atoms with van der Waals surface area (Å²) >= 11 is 0. The van der Waals surface area contributed by atoms with Crippen LogP contribution in [-0.4, -0.2) is 0 Å². The summed E-state index contributed by atoms with van der Waals surface area (Å²) in [5, 5.41) is 2.48. The van der Waals surface area contributed by atoms with Crippen molar-refractivity contribution >= 4 is 13.4 Å². The Morgan fingerprint density at radius 3 is 1.74 bits per heavy atom. The molecule has 0 unspecified atom stereocenters. The van der Waals surface area contributed by atoms with Crippen LogP contribution in [0.3, 0.4) is 0 Å². The van der Waals surface area contributed by atoms with E-state index in [2.05, 4.69) is 5.09 Å². The Hall–Kier alpha value is -2.92. The van der Waals surface area contributed by atoms with Gasteiger partial charge in [0, 0.05) is 5.69 Å². The lowest BCUT2D eigenvalue weighted by Crippen LogP contribution is -2.11. The molecule has 0 fully saturated rings. The maximum atomic E-state index is 13.2. The number of anilines is 1. The lowest BCUT2D eigenvalue weighted by molar-refractivity contribution is -0.137. The molecule has 140 valence electrons. The second kappa shape index (κ2) is 7.76. The van der Waals surface area contributed by atoms with E-state index in [0.29, 0.717) is 0 Å². The monoisotopic (exact) mass is 393 g/mol. The molecule has 3 aromatic carbocycles. The molecule has 0 aliphatic carbocycles. The molecule has 0 spiro atoms. The molecule has 8 heteroatoms. The SMILES string of the molecule is O=P(Nc1cccc(C(F)(F)F)c1)(Oc1ccccc1)Oc1ccccc1. The molecule has 1 N–H and O–H groups in total. The highest BCUT2D eigenvalue weighted by Gasteiger charge is 2.33. The van der Waals surface area contributed by atoms with Gasteiger partial charge in [0.05, 0.1) is 5.56 Å². The minimum atomic E-state index is -4.53. The van der Waals surface area contributed by atoms with Crippen LogP contribution < -0.4 is 14.1 Å². The molecule has 0 radical (unpaired) electrons. The molecular formula is C19H15F3NO3P. The van der Waals surface area contributed by atoms with Gasteiger partial charge < -0.3 is 9.05 Å². The van der Waals surface area contributed by atoms with E-state index in [-0.39, 0.29) is 17.2 Å². The van der Waals surface area contributed by atoms with Gasteiger partial charge in [-0.3, -0.25) is 5.09 Å². The quantitative estimate of drug-likeness (QED) is 0.494. The van der Waals surface area contributed by atoms with Gasteiger partial charge in [-0.25, -0.2) is 4.57 Å². The molecule has 0 amide bonds. The fraction of sp³-hybridized carbons (Fsp3) is 0.0526. The van der Waals surface area contributed by atoms with E-state index < -0.39 is 19.5 Å². The summed E-state index contributed by atoms with van der Waals surface area (Å²) in [7, 11) is -4.07. The van der Waals surface area contributed by atoms with Crippen molar-refractivity contribution in [2.45, 2.75) is 6.18 Å². The summed E-state index contributed by atoms with van der Waals surface area (Å²) < 4.78 is 63.0. The van der Waals surface area contributed by atoms with Gasteiger partial charge in [0.15, 0.2) is 0 Å². The summed E-state index contributed by atoms with van der Waals surface area (Å²) in [4.78, 5) is 0. The number of hydrogen-bond donors (Lipinski definition) is 1. The minimum Gasteiger partial charge on any atom is -0.400 e. The number of benzene rings is 3. The first-order valence-corrected chi connectivity index (χ1v) is 9.43. The standard InChI is InChI=1S/C19H15F3NO3P/c20-19(21,22)15-8-7-9-16(14-15)23-27(24,25-17-10-3-1-4-11-17)26-18-12-5-2-6-13-18/h1-14H,(H,23,24). The number of rotatable bonds is 6. The predicted octanol–water partition coefficient (Wildman–Crippen LogP) is 6.38. The van der Waals surface area contributed by atoms with E-state index in [9.17, 15) is 17.7 Å². The molecule has 0 aromatic heterocycles. The van der Waals surface area contributed by atoms with Crippen molar-refractivity contribution < 1.29 is 26.8 Å². The third-order valence-electron chi connectivity index (χ3n) is 3.39. The zero-order valence-electron chi connectivity index (χ0n) is 13.9. The largest absolute Gasteiger partial charge is 0.541 e. The lowest BCUT2D eigenvalue weighted by Gasteiger charge is -2.21. The van der Waals surface area contributed by atoms with E-state index in [1.807, 2.05) is 0 Å². The maximum absolute atomic E-state index is 13.2. The molecule has 0 aliphatic rings. The number of alkyl halides is 3. The fourth-order valence-corrected chi connectivity index (χ4v) is 3.61. The van der Waals surface area contributed by atoms with Gasteiger partial charge in [-0.1, -0.05) is 42.5 Å². The number of para-hydroxylation sites is 2.